The topological polar surface area (TPSA) is 24.4 Å². The number of rotatable bonds is 7. The third-order valence-electron chi connectivity index (χ3n) is 6.72. The SMILES string of the molecule is CC(C)c1cccc(C(C)C)c1/N=C(/Nc1c(C(C)C)cccc1C(C)C)P(C(C)(C)C)C(C)(C)C. The molecule has 200 valence electrons. The molecule has 0 heterocycles. The Morgan fingerprint density at radius 2 is 0.944 bits per heavy atom. The third-order valence-corrected chi connectivity index (χ3v) is 10.0. The molecule has 2 nitrogen and oxygen atoms in total. The monoisotopic (exact) mass is 508 g/mol. The van der Waals surface area contributed by atoms with Crippen molar-refractivity contribution in [3.8, 4) is 0 Å². The van der Waals surface area contributed by atoms with Crippen LogP contribution in [0.5, 0.6) is 0 Å². The first-order valence-corrected chi connectivity index (χ1v) is 15.2. The standard InChI is InChI=1S/C33H53N2P/c1-21(2)25-17-15-18-26(22(3)4)29(25)34-31(36(32(9,10)11)33(12,13)14)35-30-27(23(5)6)19-16-20-28(30)24(7)8/h15-24H,1-14H3,(H,34,35). The summed E-state index contributed by atoms with van der Waals surface area (Å²) in [6, 6.07) is 13.5. The summed E-state index contributed by atoms with van der Waals surface area (Å²) in [5.41, 5.74) is 8.98. The van der Waals surface area contributed by atoms with E-state index < -0.39 is 7.92 Å². The fourth-order valence-corrected chi connectivity index (χ4v) is 9.04. The molecule has 36 heavy (non-hydrogen) atoms. The van der Waals surface area contributed by atoms with Crippen molar-refractivity contribution in [3.05, 3.63) is 58.7 Å². The van der Waals surface area contributed by atoms with Crippen LogP contribution in [-0.4, -0.2) is 15.9 Å². The van der Waals surface area contributed by atoms with Crippen molar-refractivity contribution in [3.63, 3.8) is 0 Å². The summed E-state index contributed by atoms with van der Waals surface area (Å²) >= 11 is 0. The molecule has 0 aliphatic heterocycles. The molecule has 0 spiro atoms. The van der Waals surface area contributed by atoms with Crippen LogP contribution in [0.1, 0.15) is 143 Å². The zero-order chi connectivity index (χ0) is 27.6. The largest absolute Gasteiger partial charge is 0.340 e. The summed E-state index contributed by atoms with van der Waals surface area (Å²) in [6.07, 6.45) is 0. The van der Waals surface area contributed by atoms with Gasteiger partial charge in [-0.3, -0.25) is 0 Å². The van der Waals surface area contributed by atoms with Crippen molar-refractivity contribution in [1.29, 1.82) is 0 Å². The molecule has 0 aromatic heterocycles. The van der Waals surface area contributed by atoms with Gasteiger partial charge in [0.05, 0.1) is 5.69 Å². The van der Waals surface area contributed by atoms with E-state index in [1.807, 2.05) is 0 Å². The maximum Gasteiger partial charge on any atom is 0.130 e. The van der Waals surface area contributed by atoms with Crippen molar-refractivity contribution in [2.24, 2.45) is 4.99 Å². The van der Waals surface area contributed by atoms with E-state index in [-0.39, 0.29) is 10.3 Å². The predicted octanol–water partition coefficient (Wildman–Crippen LogP) is 11.4. The van der Waals surface area contributed by atoms with Crippen LogP contribution >= 0.6 is 7.92 Å². The van der Waals surface area contributed by atoms with Crippen molar-refractivity contribution >= 4 is 24.9 Å². The van der Waals surface area contributed by atoms with Crippen LogP contribution in [-0.2, 0) is 0 Å². The lowest BCUT2D eigenvalue weighted by Crippen LogP contribution is -2.32. The van der Waals surface area contributed by atoms with Crippen LogP contribution in [0, 0.1) is 0 Å². The van der Waals surface area contributed by atoms with E-state index in [1.54, 1.807) is 0 Å². The van der Waals surface area contributed by atoms with Gasteiger partial charge in [-0.15, -0.1) is 0 Å². The van der Waals surface area contributed by atoms with Crippen LogP contribution in [0.25, 0.3) is 0 Å². The fourth-order valence-electron chi connectivity index (χ4n) is 5.33. The van der Waals surface area contributed by atoms with E-state index in [2.05, 4.69) is 139 Å². The number of amidine groups is 1. The average Bonchev–Trinajstić information content (AvgIpc) is 2.71. The highest BCUT2D eigenvalue weighted by Crippen LogP contribution is 2.61. The molecule has 0 bridgehead atoms. The van der Waals surface area contributed by atoms with Crippen LogP contribution in [0.3, 0.4) is 0 Å². The van der Waals surface area contributed by atoms with E-state index in [1.165, 1.54) is 33.6 Å². The molecule has 0 aliphatic rings. The highest BCUT2D eigenvalue weighted by molar-refractivity contribution is 7.78. The Hall–Kier alpha value is -1.66. The fraction of sp³-hybridized carbons (Fsp3) is 0.606. The van der Waals surface area contributed by atoms with Gasteiger partial charge in [0, 0.05) is 5.69 Å². The third kappa shape index (κ3) is 7.22. The van der Waals surface area contributed by atoms with Crippen LogP contribution < -0.4 is 5.32 Å². The van der Waals surface area contributed by atoms with Crippen molar-refractivity contribution in [2.45, 2.75) is 131 Å². The highest BCUT2D eigenvalue weighted by Gasteiger charge is 2.39. The minimum absolute atomic E-state index is 0.0922. The number of nitrogens with one attached hydrogen (secondary N) is 1. The second-order valence-electron chi connectivity index (χ2n) is 13.5. The minimum atomic E-state index is -0.641. The number of hydrogen-bond donors (Lipinski definition) is 1. The van der Waals surface area contributed by atoms with Crippen molar-refractivity contribution in [2.75, 3.05) is 5.32 Å². The molecule has 0 radical (unpaired) electrons. The first-order chi connectivity index (χ1) is 16.5. The number of hydrogen-bond acceptors (Lipinski definition) is 1. The predicted molar refractivity (Wildman–Crippen MR) is 166 cm³/mol. The molecule has 0 saturated carbocycles. The summed E-state index contributed by atoms with van der Waals surface area (Å²) in [7, 11) is -0.641. The van der Waals surface area contributed by atoms with E-state index >= 15 is 0 Å². The summed E-state index contributed by atoms with van der Waals surface area (Å²) in [6.45, 7) is 32.6. The maximum atomic E-state index is 5.66. The molecule has 2 rings (SSSR count). The molecule has 0 fully saturated rings. The first-order valence-electron chi connectivity index (χ1n) is 13.9. The van der Waals surface area contributed by atoms with Crippen LogP contribution in [0.4, 0.5) is 11.4 Å². The van der Waals surface area contributed by atoms with Gasteiger partial charge in [0.1, 0.15) is 5.58 Å². The molecule has 0 aliphatic carbocycles. The van der Waals surface area contributed by atoms with Gasteiger partial charge < -0.3 is 5.32 Å². The van der Waals surface area contributed by atoms with Crippen molar-refractivity contribution in [1.82, 2.24) is 0 Å². The molecule has 0 atom stereocenters. The minimum Gasteiger partial charge on any atom is -0.340 e. The molecule has 2 aromatic carbocycles. The normalized spacial score (nSPS) is 13.6. The molecular weight excluding hydrogens is 455 g/mol. The number of para-hydroxylation sites is 2. The van der Waals surface area contributed by atoms with E-state index in [0.29, 0.717) is 23.7 Å². The lowest BCUT2D eigenvalue weighted by Gasteiger charge is -2.42. The molecule has 0 amide bonds. The lowest BCUT2D eigenvalue weighted by molar-refractivity contribution is 0.717. The van der Waals surface area contributed by atoms with Gasteiger partial charge >= 0.3 is 0 Å². The second kappa shape index (κ2) is 11.8. The molecular formula is C33H53N2P. The number of benzene rings is 2. The summed E-state index contributed by atoms with van der Waals surface area (Å²) in [5, 5.41) is 4.24. The van der Waals surface area contributed by atoms with Gasteiger partial charge in [-0.05, 0) is 64.2 Å². The van der Waals surface area contributed by atoms with Gasteiger partial charge in [-0.2, -0.15) is 0 Å². The smallest absolute Gasteiger partial charge is 0.130 e. The van der Waals surface area contributed by atoms with Gasteiger partial charge in [-0.25, -0.2) is 4.99 Å². The summed E-state index contributed by atoms with van der Waals surface area (Å²) in [5.74, 6) is 1.68. The molecule has 2 aromatic rings. The zero-order valence-electron chi connectivity index (χ0n) is 25.7. The number of nitrogens with zero attached hydrogens (tertiary/aromatic N) is 1. The number of aliphatic imine (C=N–C) groups is 1. The Balaban J connectivity index is 2.98. The summed E-state index contributed by atoms with van der Waals surface area (Å²) < 4.78 is 0. The molecule has 0 saturated heterocycles. The van der Waals surface area contributed by atoms with Gasteiger partial charge in [0.2, 0.25) is 0 Å². The van der Waals surface area contributed by atoms with Crippen LogP contribution in [0.15, 0.2) is 41.4 Å². The zero-order valence-corrected chi connectivity index (χ0v) is 26.6. The molecule has 3 heteroatoms. The van der Waals surface area contributed by atoms with Gasteiger partial charge in [0.25, 0.3) is 0 Å². The Morgan fingerprint density at radius 1 is 0.611 bits per heavy atom. The molecule has 0 unspecified atom stereocenters. The average molecular weight is 509 g/mol. The Bertz CT molecular complexity index is 980. The Morgan fingerprint density at radius 3 is 1.25 bits per heavy atom. The van der Waals surface area contributed by atoms with Crippen LogP contribution in [0.2, 0.25) is 0 Å². The quantitative estimate of drug-likeness (QED) is 0.224. The van der Waals surface area contributed by atoms with Crippen molar-refractivity contribution < 1.29 is 0 Å². The van der Waals surface area contributed by atoms with E-state index in [9.17, 15) is 0 Å². The Kier molecular flexibility index (Phi) is 10.0. The highest BCUT2D eigenvalue weighted by atomic mass is 31.1. The molecule has 1 N–H and O–H groups in total. The lowest BCUT2D eigenvalue weighted by atomic mass is 9.92. The number of anilines is 1. The summed E-state index contributed by atoms with van der Waals surface area (Å²) in [4.78, 5) is 5.66. The maximum absolute atomic E-state index is 5.66. The van der Waals surface area contributed by atoms with E-state index in [0.717, 1.165) is 5.58 Å². The second-order valence-corrected chi connectivity index (χ2v) is 17.2. The Labute approximate surface area is 224 Å². The first kappa shape index (κ1) is 30.6. The van der Waals surface area contributed by atoms with E-state index in [4.69, 9.17) is 4.99 Å². The van der Waals surface area contributed by atoms with Gasteiger partial charge in [0.15, 0.2) is 0 Å². The van der Waals surface area contributed by atoms with Gasteiger partial charge in [-0.1, -0.05) is 133 Å².